The highest BCUT2D eigenvalue weighted by Gasteiger charge is 2.17. The molecule has 8 nitrogen and oxygen atoms in total. The first-order valence-electron chi connectivity index (χ1n) is 10.3. The van der Waals surface area contributed by atoms with Gasteiger partial charge in [0.05, 0.1) is 29.6 Å². The number of nitriles is 1. The van der Waals surface area contributed by atoms with Crippen LogP contribution in [-0.2, 0) is 6.54 Å². The zero-order chi connectivity index (χ0) is 22.5. The number of hydrogen-bond acceptors (Lipinski definition) is 8. The van der Waals surface area contributed by atoms with E-state index in [4.69, 9.17) is 10.3 Å². The highest BCUT2D eigenvalue weighted by molar-refractivity contribution is 5.73. The molecule has 4 aromatic rings. The van der Waals surface area contributed by atoms with E-state index < -0.39 is 0 Å². The minimum Gasteiger partial charge on any atom is -0.382 e. The van der Waals surface area contributed by atoms with E-state index in [1.807, 2.05) is 50.4 Å². The first-order valence-corrected chi connectivity index (χ1v) is 10.3. The Morgan fingerprint density at radius 2 is 1.91 bits per heavy atom. The van der Waals surface area contributed by atoms with Crippen molar-refractivity contribution in [2.45, 2.75) is 25.8 Å². The van der Waals surface area contributed by atoms with E-state index in [1.54, 1.807) is 18.5 Å². The first-order chi connectivity index (χ1) is 15.6. The van der Waals surface area contributed by atoms with Gasteiger partial charge in [-0.1, -0.05) is 36.3 Å². The lowest BCUT2D eigenvalue weighted by molar-refractivity contribution is 0.434. The van der Waals surface area contributed by atoms with Gasteiger partial charge < -0.3 is 15.6 Å². The lowest BCUT2D eigenvalue weighted by Gasteiger charge is -2.08. The molecule has 32 heavy (non-hydrogen) atoms. The quantitative estimate of drug-likeness (QED) is 0.451. The number of aromatic nitrogens is 4. The largest absolute Gasteiger partial charge is 0.382 e. The Kier molecular flexibility index (Phi) is 6.19. The van der Waals surface area contributed by atoms with Crippen LogP contribution >= 0.6 is 0 Å². The molecular weight excluding hydrogens is 402 g/mol. The summed E-state index contributed by atoms with van der Waals surface area (Å²) in [6, 6.07) is 15.9. The number of anilines is 1. The Hall–Kier alpha value is -4.09. The van der Waals surface area contributed by atoms with Crippen LogP contribution in [0, 0.1) is 11.3 Å². The fraction of sp³-hybridized carbons (Fsp3) is 0.208. The van der Waals surface area contributed by atoms with Crippen molar-refractivity contribution in [1.29, 1.82) is 5.26 Å². The van der Waals surface area contributed by atoms with Gasteiger partial charge in [0.2, 0.25) is 0 Å². The molecule has 0 fully saturated rings. The normalized spacial score (nSPS) is 11.8. The summed E-state index contributed by atoms with van der Waals surface area (Å²) < 4.78 is 5.55. The summed E-state index contributed by atoms with van der Waals surface area (Å²) in [5.74, 6) is 0.412. The Morgan fingerprint density at radius 3 is 2.62 bits per heavy atom. The number of nitrogen functional groups attached to an aromatic ring is 1. The molecule has 0 aliphatic heterocycles. The van der Waals surface area contributed by atoms with Crippen LogP contribution in [0.15, 0.2) is 59.4 Å². The maximum Gasteiger partial charge on any atom is 0.189 e. The van der Waals surface area contributed by atoms with E-state index >= 15 is 0 Å². The maximum absolute atomic E-state index is 9.35. The third-order valence-corrected chi connectivity index (χ3v) is 5.17. The molecular formula is C24H23N7O. The van der Waals surface area contributed by atoms with Crippen molar-refractivity contribution in [3.05, 3.63) is 66.1 Å². The number of nitrogens with zero attached hydrogens (tertiary/aromatic N) is 5. The molecule has 0 bridgehead atoms. The Morgan fingerprint density at radius 1 is 1.09 bits per heavy atom. The van der Waals surface area contributed by atoms with Gasteiger partial charge in [-0.05, 0) is 31.2 Å². The topological polar surface area (TPSA) is 127 Å². The van der Waals surface area contributed by atoms with Crippen LogP contribution in [0.4, 0.5) is 5.82 Å². The lowest BCUT2D eigenvalue weighted by atomic mass is 10.0. The highest BCUT2D eigenvalue weighted by Crippen LogP contribution is 2.30. The molecule has 3 aromatic heterocycles. The van der Waals surface area contributed by atoms with Gasteiger partial charge >= 0.3 is 0 Å². The minimum atomic E-state index is -0.271. The third-order valence-electron chi connectivity index (χ3n) is 5.17. The molecule has 8 heteroatoms. The van der Waals surface area contributed by atoms with Crippen LogP contribution in [0.5, 0.6) is 0 Å². The van der Waals surface area contributed by atoms with Gasteiger partial charge in [0.25, 0.3) is 0 Å². The summed E-state index contributed by atoms with van der Waals surface area (Å²) in [4.78, 5) is 13.3. The van der Waals surface area contributed by atoms with Crippen molar-refractivity contribution < 1.29 is 4.52 Å². The highest BCUT2D eigenvalue weighted by atomic mass is 16.5. The molecule has 1 atom stereocenters. The Bertz CT molecular complexity index is 1260. The van der Waals surface area contributed by atoms with Gasteiger partial charge in [-0.15, -0.1) is 0 Å². The zero-order valence-corrected chi connectivity index (χ0v) is 17.9. The Labute approximate surface area is 186 Å². The zero-order valence-electron chi connectivity index (χ0n) is 17.9. The van der Waals surface area contributed by atoms with E-state index in [0.717, 1.165) is 17.7 Å². The summed E-state index contributed by atoms with van der Waals surface area (Å²) in [7, 11) is 1.91. The second kappa shape index (κ2) is 9.37. The van der Waals surface area contributed by atoms with E-state index in [1.165, 1.54) is 5.56 Å². The first kappa shape index (κ1) is 21.2. The lowest BCUT2D eigenvalue weighted by Crippen LogP contribution is -2.04. The van der Waals surface area contributed by atoms with E-state index in [-0.39, 0.29) is 11.7 Å². The van der Waals surface area contributed by atoms with Crippen molar-refractivity contribution in [2.75, 3.05) is 12.8 Å². The second-order valence-corrected chi connectivity index (χ2v) is 7.35. The van der Waals surface area contributed by atoms with Crippen LogP contribution in [0.1, 0.15) is 30.5 Å². The van der Waals surface area contributed by atoms with Crippen LogP contribution in [0.3, 0.4) is 0 Å². The fourth-order valence-electron chi connectivity index (χ4n) is 3.40. The van der Waals surface area contributed by atoms with E-state index in [0.29, 0.717) is 35.0 Å². The molecule has 1 aromatic carbocycles. The molecule has 4 rings (SSSR count). The van der Waals surface area contributed by atoms with Crippen LogP contribution in [-0.4, -0.2) is 27.2 Å². The molecule has 0 aliphatic carbocycles. The van der Waals surface area contributed by atoms with Crippen molar-refractivity contribution in [2.24, 2.45) is 0 Å². The average molecular weight is 425 g/mol. The minimum absolute atomic E-state index is 0.249. The van der Waals surface area contributed by atoms with Crippen LogP contribution in [0.2, 0.25) is 0 Å². The number of nitrogens with one attached hydrogen (secondary N) is 1. The van der Waals surface area contributed by atoms with Gasteiger partial charge in [0.15, 0.2) is 17.3 Å². The van der Waals surface area contributed by atoms with Gasteiger partial charge in [0, 0.05) is 29.9 Å². The van der Waals surface area contributed by atoms with E-state index in [2.05, 4.69) is 31.5 Å². The SMILES string of the molecule is CCC(C#N)c1cc(-c2cnc(N)c(-c3cc(-c4ccc(CNC)cc4)no3)n2)ccn1. The molecule has 1 unspecified atom stereocenters. The standard InChI is InChI=1S/C24H23N7O/c1-3-16(12-25)19-10-18(8-9-28-19)21-14-29-24(26)23(30-21)22-11-20(31-32-22)17-6-4-15(5-7-17)13-27-2/h4-11,14,16,27H,3,13H2,1-2H3,(H2,26,29). The molecule has 160 valence electrons. The summed E-state index contributed by atoms with van der Waals surface area (Å²) in [6.45, 7) is 2.76. The molecule has 0 saturated carbocycles. The van der Waals surface area contributed by atoms with Crippen LogP contribution < -0.4 is 11.1 Å². The Balaban J connectivity index is 1.66. The van der Waals surface area contributed by atoms with Crippen molar-refractivity contribution in [1.82, 2.24) is 25.4 Å². The molecule has 0 amide bonds. The summed E-state index contributed by atoms with van der Waals surface area (Å²) >= 11 is 0. The number of nitrogens with two attached hydrogens (primary N) is 1. The average Bonchev–Trinajstić information content (AvgIpc) is 3.31. The number of benzene rings is 1. The fourth-order valence-corrected chi connectivity index (χ4v) is 3.40. The predicted octanol–water partition coefficient (Wildman–Crippen LogP) is 4.18. The maximum atomic E-state index is 9.35. The predicted molar refractivity (Wildman–Crippen MR) is 122 cm³/mol. The second-order valence-electron chi connectivity index (χ2n) is 7.35. The molecule has 0 radical (unpaired) electrons. The molecule has 3 heterocycles. The molecule has 0 spiro atoms. The van der Waals surface area contributed by atoms with Crippen molar-refractivity contribution in [3.8, 4) is 40.0 Å². The van der Waals surface area contributed by atoms with Crippen LogP contribution in [0.25, 0.3) is 34.0 Å². The van der Waals surface area contributed by atoms with Gasteiger partial charge in [0.1, 0.15) is 5.69 Å². The molecule has 0 aliphatic rings. The van der Waals surface area contributed by atoms with E-state index in [9.17, 15) is 5.26 Å². The molecule has 0 saturated heterocycles. The number of pyridine rings is 1. The third kappa shape index (κ3) is 4.33. The smallest absolute Gasteiger partial charge is 0.189 e. The molecule has 3 N–H and O–H groups in total. The summed E-state index contributed by atoms with van der Waals surface area (Å²) in [6.07, 6.45) is 3.96. The van der Waals surface area contributed by atoms with Crippen molar-refractivity contribution >= 4 is 5.82 Å². The summed E-state index contributed by atoms with van der Waals surface area (Å²) in [5.41, 5.74) is 11.4. The van der Waals surface area contributed by atoms with Gasteiger partial charge in [-0.3, -0.25) is 4.98 Å². The van der Waals surface area contributed by atoms with Gasteiger partial charge in [-0.25, -0.2) is 9.97 Å². The van der Waals surface area contributed by atoms with Crippen molar-refractivity contribution in [3.63, 3.8) is 0 Å². The summed E-state index contributed by atoms with van der Waals surface area (Å²) in [5, 5.41) is 16.7. The van der Waals surface area contributed by atoms with Gasteiger partial charge in [-0.2, -0.15) is 5.26 Å². The monoisotopic (exact) mass is 425 g/mol. The number of rotatable bonds is 7. The number of hydrogen-bond donors (Lipinski definition) is 2.